The van der Waals surface area contributed by atoms with Gasteiger partial charge >= 0.3 is 17.9 Å². The molecule has 34 heavy (non-hydrogen) atoms. The fraction of sp³-hybridized carbons (Fsp3) is 0.750. The number of allylic oxidation sites excluding steroid dienone is 1. The molecule has 0 fully saturated rings. The molecule has 0 saturated carbocycles. The highest BCUT2D eigenvalue weighted by atomic mass is 16.6. The summed E-state index contributed by atoms with van der Waals surface area (Å²) >= 11 is 0. The van der Waals surface area contributed by atoms with Crippen LogP contribution in [0.5, 0.6) is 0 Å². The second kappa shape index (κ2) is 18.8. The minimum absolute atomic E-state index is 0.300. The summed E-state index contributed by atoms with van der Waals surface area (Å²) in [6.07, 6.45) is 12.3. The smallest absolute Gasteiger partial charge is 0.344 e. The number of nitrogens with zero attached hydrogens (tertiary/aromatic N) is 1. The van der Waals surface area contributed by atoms with Gasteiger partial charge in [-0.3, -0.25) is 9.59 Å². The predicted octanol–water partition coefficient (Wildman–Crippen LogP) is 3.87. The molecule has 0 saturated heterocycles. The molecular formula is C24H39NO9. The maximum absolute atomic E-state index is 11.9. The Hall–Kier alpha value is -2.62. The highest BCUT2D eigenvalue weighted by molar-refractivity contribution is 5.86. The van der Waals surface area contributed by atoms with E-state index >= 15 is 0 Å². The zero-order chi connectivity index (χ0) is 25.8. The van der Waals surface area contributed by atoms with E-state index in [1.807, 2.05) is 0 Å². The number of carbonyl (C=O) groups is 4. The Bertz CT molecular complexity index is 677. The first-order valence-electron chi connectivity index (χ1n) is 11.9. The van der Waals surface area contributed by atoms with Gasteiger partial charge in [-0.1, -0.05) is 62.8 Å². The van der Waals surface area contributed by atoms with Crippen LogP contribution >= 0.6 is 0 Å². The molecule has 0 aliphatic rings. The highest BCUT2D eigenvalue weighted by Gasteiger charge is 2.47. The number of ketones is 1. The number of ether oxygens (including phenoxy) is 2. The number of carbonyl (C=O) groups excluding carboxylic acids is 3. The molecule has 0 rings (SSSR count). The lowest BCUT2D eigenvalue weighted by molar-refractivity contribution is -0.170. The summed E-state index contributed by atoms with van der Waals surface area (Å²) in [5.41, 5.74) is -2.80. The van der Waals surface area contributed by atoms with Crippen LogP contribution in [0.15, 0.2) is 17.3 Å². The van der Waals surface area contributed by atoms with Gasteiger partial charge in [0.15, 0.2) is 12.6 Å². The Morgan fingerprint density at radius 2 is 1.53 bits per heavy atom. The van der Waals surface area contributed by atoms with Gasteiger partial charge in [-0.05, 0) is 25.7 Å². The first kappa shape index (κ1) is 31.4. The summed E-state index contributed by atoms with van der Waals surface area (Å²) in [7, 11) is 1.08. The lowest BCUT2D eigenvalue weighted by atomic mass is 9.90. The van der Waals surface area contributed by atoms with Crippen LogP contribution in [0.4, 0.5) is 0 Å². The van der Waals surface area contributed by atoms with Gasteiger partial charge in [0.1, 0.15) is 5.78 Å². The molecule has 0 spiro atoms. The molecule has 0 bridgehead atoms. The average molecular weight is 486 g/mol. The van der Waals surface area contributed by atoms with Crippen molar-refractivity contribution in [1.29, 1.82) is 0 Å². The number of unbranched alkanes of at least 4 members (excludes halogenated alkanes) is 8. The van der Waals surface area contributed by atoms with E-state index in [0.29, 0.717) is 25.0 Å². The highest BCUT2D eigenvalue weighted by Crippen LogP contribution is 2.22. The Kier molecular flexibility index (Phi) is 17.3. The Labute approximate surface area is 201 Å². The standard InChI is InChI=1S/C24H39NO9/c1-3-4-5-8-11-14-19(26)15-12-9-6-7-10-13-16-20(25-32)24(31,23(29)30)17-21(27)34-18-22(28)33-2/h13,16,20,31H,3-12,14-15,17-18H2,1-2H3,(H,29,30)/b16-13+/t20-,24-/m0/s1. The lowest BCUT2D eigenvalue weighted by Crippen LogP contribution is -2.49. The number of rotatable bonds is 21. The van der Waals surface area contributed by atoms with E-state index in [2.05, 4.69) is 21.6 Å². The molecule has 0 aliphatic heterocycles. The molecule has 0 aromatic heterocycles. The van der Waals surface area contributed by atoms with E-state index in [4.69, 9.17) is 0 Å². The van der Waals surface area contributed by atoms with E-state index in [-0.39, 0.29) is 0 Å². The van der Waals surface area contributed by atoms with Crippen molar-refractivity contribution in [2.24, 2.45) is 5.18 Å². The molecule has 0 unspecified atom stereocenters. The quantitative estimate of drug-likeness (QED) is 0.107. The van der Waals surface area contributed by atoms with Gasteiger partial charge in [0.2, 0.25) is 5.60 Å². The Balaban J connectivity index is 4.33. The zero-order valence-corrected chi connectivity index (χ0v) is 20.3. The zero-order valence-electron chi connectivity index (χ0n) is 20.3. The van der Waals surface area contributed by atoms with Crippen LogP contribution in [0.1, 0.15) is 90.4 Å². The molecule has 0 aromatic rings. The maximum atomic E-state index is 11.9. The average Bonchev–Trinajstić information content (AvgIpc) is 2.81. The molecule has 2 atom stereocenters. The summed E-state index contributed by atoms with van der Waals surface area (Å²) in [6, 6.07) is -1.72. The molecule has 0 aromatic carbocycles. The van der Waals surface area contributed by atoms with Crippen LogP contribution in [-0.4, -0.2) is 59.3 Å². The van der Waals surface area contributed by atoms with Crippen LogP contribution in [0.3, 0.4) is 0 Å². The van der Waals surface area contributed by atoms with Crippen LogP contribution in [-0.2, 0) is 28.7 Å². The van der Waals surface area contributed by atoms with E-state index < -0.39 is 42.6 Å². The van der Waals surface area contributed by atoms with Crippen molar-refractivity contribution in [3.63, 3.8) is 0 Å². The number of Topliss-reactive ketones (excluding diaryl/α,β-unsaturated/α-hetero) is 1. The number of aliphatic carboxylic acids is 1. The second-order valence-corrected chi connectivity index (χ2v) is 8.28. The molecule has 10 heteroatoms. The second-order valence-electron chi connectivity index (χ2n) is 8.28. The third-order valence-corrected chi connectivity index (χ3v) is 5.42. The SMILES string of the molecule is CCCCCCCC(=O)CCCCCC/C=C/[C@H](N=O)[C@@](O)(CC(=O)OCC(=O)OC)C(=O)O. The number of esters is 2. The summed E-state index contributed by atoms with van der Waals surface area (Å²) in [5, 5.41) is 22.4. The molecular weight excluding hydrogens is 446 g/mol. The minimum atomic E-state index is -2.80. The van der Waals surface area contributed by atoms with Gasteiger partial charge in [-0.25, -0.2) is 9.59 Å². The predicted molar refractivity (Wildman–Crippen MR) is 125 cm³/mol. The minimum Gasteiger partial charge on any atom is -0.479 e. The van der Waals surface area contributed by atoms with Crippen LogP contribution in [0.2, 0.25) is 0 Å². The van der Waals surface area contributed by atoms with Crippen molar-refractivity contribution in [3.8, 4) is 0 Å². The number of carboxylic acid groups (broad SMARTS) is 1. The molecule has 0 amide bonds. The number of hydrogen-bond acceptors (Lipinski definition) is 9. The van der Waals surface area contributed by atoms with Gasteiger partial charge < -0.3 is 19.7 Å². The van der Waals surface area contributed by atoms with Crippen molar-refractivity contribution >= 4 is 23.7 Å². The van der Waals surface area contributed by atoms with Crippen molar-refractivity contribution in [1.82, 2.24) is 0 Å². The van der Waals surface area contributed by atoms with Crippen LogP contribution < -0.4 is 0 Å². The fourth-order valence-corrected chi connectivity index (χ4v) is 3.27. The first-order chi connectivity index (χ1) is 16.2. The van der Waals surface area contributed by atoms with Crippen molar-refractivity contribution in [2.75, 3.05) is 13.7 Å². The third kappa shape index (κ3) is 13.8. The molecule has 2 N–H and O–H groups in total. The number of methoxy groups -OCH3 is 1. The normalized spacial score (nSPS) is 13.7. The van der Waals surface area contributed by atoms with E-state index in [1.54, 1.807) is 0 Å². The fourth-order valence-electron chi connectivity index (χ4n) is 3.27. The Morgan fingerprint density at radius 1 is 0.941 bits per heavy atom. The third-order valence-electron chi connectivity index (χ3n) is 5.42. The van der Waals surface area contributed by atoms with Gasteiger partial charge in [-0.15, -0.1) is 0 Å². The Morgan fingerprint density at radius 3 is 2.06 bits per heavy atom. The lowest BCUT2D eigenvalue weighted by Gasteiger charge is -2.24. The van der Waals surface area contributed by atoms with Gasteiger partial charge in [0.25, 0.3) is 0 Å². The first-order valence-corrected chi connectivity index (χ1v) is 11.9. The summed E-state index contributed by atoms with van der Waals surface area (Å²) in [4.78, 5) is 57.3. The maximum Gasteiger partial charge on any atom is 0.344 e. The van der Waals surface area contributed by atoms with Crippen LogP contribution in [0.25, 0.3) is 0 Å². The molecule has 0 aliphatic carbocycles. The van der Waals surface area contributed by atoms with Crippen molar-refractivity contribution in [2.45, 2.75) is 102 Å². The number of aliphatic hydroxyl groups is 1. The van der Waals surface area contributed by atoms with Gasteiger partial charge in [-0.2, -0.15) is 4.91 Å². The van der Waals surface area contributed by atoms with E-state index in [9.17, 15) is 34.3 Å². The van der Waals surface area contributed by atoms with E-state index in [1.165, 1.54) is 25.3 Å². The van der Waals surface area contributed by atoms with Gasteiger partial charge in [0, 0.05) is 12.8 Å². The monoisotopic (exact) mass is 485 g/mol. The largest absolute Gasteiger partial charge is 0.479 e. The molecule has 194 valence electrons. The summed E-state index contributed by atoms with van der Waals surface area (Å²) < 4.78 is 8.84. The van der Waals surface area contributed by atoms with Gasteiger partial charge in [0.05, 0.1) is 13.5 Å². The summed E-state index contributed by atoms with van der Waals surface area (Å²) in [5.74, 6) is -3.56. The van der Waals surface area contributed by atoms with E-state index in [0.717, 1.165) is 51.7 Å². The van der Waals surface area contributed by atoms with Crippen molar-refractivity contribution in [3.05, 3.63) is 17.1 Å². The molecule has 0 heterocycles. The summed E-state index contributed by atoms with van der Waals surface area (Å²) in [6.45, 7) is 1.41. The number of nitroso groups, excluding NO2 is 1. The van der Waals surface area contributed by atoms with Crippen molar-refractivity contribution < 1.29 is 38.9 Å². The number of carboxylic acids is 1. The molecule has 0 radical (unpaired) electrons. The molecule has 10 nitrogen and oxygen atoms in total. The van der Waals surface area contributed by atoms with Crippen LogP contribution in [0, 0.1) is 4.91 Å². The topological polar surface area (TPSA) is 157 Å². The number of hydrogen-bond donors (Lipinski definition) is 2.